The second kappa shape index (κ2) is 5.69. The largest absolute Gasteiger partial charge is 0.381 e. The maximum absolute atomic E-state index is 12.3. The van der Waals surface area contributed by atoms with Crippen LogP contribution < -0.4 is 4.90 Å². The number of hydrogen-bond acceptors (Lipinski definition) is 5. The molecule has 2 atom stereocenters. The number of fused-ring (bicyclic) bond motifs is 2. The van der Waals surface area contributed by atoms with Gasteiger partial charge in [0.05, 0.1) is 5.39 Å². The van der Waals surface area contributed by atoms with E-state index in [9.17, 15) is 9.90 Å². The summed E-state index contributed by atoms with van der Waals surface area (Å²) in [5, 5.41) is 11.0. The third kappa shape index (κ3) is 2.76. The van der Waals surface area contributed by atoms with Crippen LogP contribution in [0.25, 0.3) is 11.0 Å². The molecule has 2 unspecified atom stereocenters. The van der Waals surface area contributed by atoms with Gasteiger partial charge in [-0.25, -0.2) is 9.97 Å². The fraction of sp³-hybridized carbons (Fsp3) is 0.611. The fourth-order valence-corrected chi connectivity index (χ4v) is 4.45. The van der Waals surface area contributed by atoms with Crippen molar-refractivity contribution in [3.8, 4) is 0 Å². The molecule has 7 heteroatoms. The molecule has 4 rings (SSSR count). The number of carbonyl (C=O) groups is 1. The Morgan fingerprint density at radius 3 is 2.64 bits per heavy atom. The highest BCUT2D eigenvalue weighted by Crippen LogP contribution is 2.41. The van der Waals surface area contributed by atoms with Crippen molar-refractivity contribution in [1.82, 2.24) is 19.9 Å². The van der Waals surface area contributed by atoms with Gasteiger partial charge in [0.25, 0.3) is 5.91 Å². The average Bonchev–Trinajstić information content (AvgIpc) is 3.25. The van der Waals surface area contributed by atoms with Crippen LogP contribution in [0, 0.1) is 11.8 Å². The average molecular weight is 343 g/mol. The van der Waals surface area contributed by atoms with Gasteiger partial charge in [-0.15, -0.1) is 0 Å². The van der Waals surface area contributed by atoms with Crippen molar-refractivity contribution in [3.05, 3.63) is 18.6 Å². The van der Waals surface area contributed by atoms with E-state index in [4.69, 9.17) is 0 Å². The van der Waals surface area contributed by atoms with Crippen molar-refractivity contribution >= 4 is 22.8 Å². The van der Waals surface area contributed by atoms with Gasteiger partial charge in [-0.3, -0.25) is 4.79 Å². The first-order valence-electron chi connectivity index (χ1n) is 8.87. The van der Waals surface area contributed by atoms with Crippen LogP contribution in [0.2, 0.25) is 0 Å². The first-order chi connectivity index (χ1) is 11.8. The molecule has 1 aliphatic carbocycles. The topological polar surface area (TPSA) is 85.4 Å². The monoisotopic (exact) mass is 343 g/mol. The predicted octanol–water partition coefficient (Wildman–Crippen LogP) is 1.40. The molecule has 25 heavy (non-hydrogen) atoms. The molecule has 1 amide bonds. The number of rotatable bonds is 3. The Balaban J connectivity index is 1.46. The van der Waals surface area contributed by atoms with Crippen LogP contribution in [0.4, 0.5) is 5.82 Å². The maximum Gasteiger partial charge on any atom is 0.253 e. The van der Waals surface area contributed by atoms with Gasteiger partial charge in [-0.2, -0.15) is 0 Å². The minimum Gasteiger partial charge on any atom is -0.381 e. The highest BCUT2D eigenvalue weighted by Gasteiger charge is 2.45. The first kappa shape index (κ1) is 16.3. The number of aromatic nitrogens is 3. The molecular weight excluding hydrogens is 318 g/mol. The summed E-state index contributed by atoms with van der Waals surface area (Å²) in [5.74, 6) is 1.81. The summed E-state index contributed by atoms with van der Waals surface area (Å²) in [5.41, 5.74) is -0.424. The van der Waals surface area contributed by atoms with Gasteiger partial charge in [0, 0.05) is 32.4 Å². The summed E-state index contributed by atoms with van der Waals surface area (Å²) in [4.78, 5) is 28.3. The molecule has 1 saturated carbocycles. The molecule has 1 saturated heterocycles. The van der Waals surface area contributed by atoms with Gasteiger partial charge in [0.2, 0.25) is 0 Å². The molecule has 2 aliphatic rings. The molecule has 2 aromatic rings. The zero-order valence-electron chi connectivity index (χ0n) is 14.9. The normalized spacial score (nSPS) is 26.2. The van der Waals surface area contributed by atoms with Gasteiger partial charge in [-0.05, 0) is 44.6 Å². The molecule has 2 fully saturated rings. The van der Waals surface area contributed by atoms with E-state index in [1.807, 2.05) is 17.2 Å². The van der Waals surface area contributed by atoms with Crippen molar-refractivity contribution in [2.45, 2.75) is 38.3 Å². The molecule has 0 spiro atoms. The Morgan fingerprint density at radius 2 is 2.00 bits per heavy atom. The van der Waals surface area contributed by atoms with Crippen molar-refractivity contribution in [1.29, 1.82) is 0 Å². The Morgan fingerprint density at radius 1 is 1.32 bits per heavy atom. The molecule has 2 aromatic heterocycles. The standard InChI is InChI=1S/C18H25N5O2/c1-18(2,25)17(24)23-8-11-6-13(7-12(11)9-23)22(3)16-14-4-5-19-15(14)20-10-21-16/h4-5,10-13,25H,6-9H2,1-3H3,(H,19,20,21). The van der Waals surface area contributed by atoms with E-state index >= 15 is 0 Å². The van der Waals surface area contributed by atoms with Crippen LogP contribution in [0.5, 0.6) is 0 Å². The molecule has 1 aliphatic heterocycles. The number of aromatic amines is 1. The highest BCUT2D eigenvalue weighted by atomic mass is 16.3. The van der Waals surface area contributed by atoms with Crippen molar-refractivity contribution < 1.29 is 9.90 Å². The third-order valence-electron chi connectivity index (χ3n) is 5.75. The van der Waals surface area contributed by atoms with E-state index in [0.717, 1.165) is 42.8 Å². The second-order valence-corrected chi connectivity index (χ2v) is 7.96. The van der Waals surface area contributed by atoms with Crippen LogP contribution in [-0.2, 0) is 4.79 Å². The van der Waals surface area contributed by atoms with E-state index in [-0.39, 0.29) is 5.91 Å². The maximum atomic E-state index is 12.3. The lowest BCUT2D eigenvalue weighted by molar-refractivity contribution is -0.147. The predicted molar refractivity (Wildman–Crippen MR) is 95.2 cm³/mol. The molecular formula is C18H25N5O2. The van der Waals surface area contributed by atoms with Gasteiger partial charge in [-0.1, -0.05) is 0 Å². The summed E-state index contributed by atoms with van der Waals surface area (Å²) in [6.07, 6.45) is 5.59. The molecule has 0 aromatic carbocycles. The molecule has 0 radical (unpaired) electrons. The molecule has 7 nitrogen and oxygen atoms in total. The van der Waals surface area contributed by atoms with Crippen molar-refractivity contribution in [2.24, 2.45) is 11.8 Å². The third-order valence-corrected chi connectivity index (χ3v) is 5.75. The number of aliphatic hydroxyl groups is 1. The summed E-state index contributed by atoms with van der Waals surface area (Å²) >= 11 is 0. The molecule has 2 N–H and O–H groups in total. The van der Waals surface area contributed by atoms with E-state index in [0.29, 0.717) is 17.9 Å². The smallest absolute Gasteiger partial charge is 0.253 e. The SMILES string of the molecule is CN(c1ncnc2[nH]ccc12)C1CC2CN(C(=O)C(C)(C)O)CC2C1. The summed E-state index contributed by atoms with van der Waals surface area (Å²) in [7, 11) is 2.10. The van der Waals surface area contributed by atoms with Crippen LogP contribution in [0.15, 0.2) is 18.6 Å². The second-order valence-electron chi connectivity index (χ2n) is 7.96. The van der Waals surface area contributed by atoms with Crippen LogP contribution in [-0.4, -0.2) is 62.6 Å². The lowest BCUT2D eigenvalue weighted by atomic mass is 10.0. The number of nitrogens with one attached hydrogen (secondary N) is 1. The zero-order chi connectivity index (χ0) is 17.8. The van der Waals surface area contributed by atoms with Crippen LogP contribution >= 0.6 is 0 Å². The lowest BCUT2D eigenvalue weighted by Crippen LogP contribution is -2.45. The number of hydrogen-bond donors (Lipinski definition) is 2. The van der Waals surface area contributed by atoms with E-state index in [1.165, 1.54) is 0 Å². The fourth-order valence-electron chi connectivity index (χ4n) is 4.45. The van der Waals surface area contributed by atoms with Crippen molar-refractivity contribution in [3.63, 3.8) is 0 Å². The summed E-state index contributed by atoms with van der Waals surface area (Å²) < 4.78 is 0. The van der Waals surface area contributed by atoms with E-state index in [2.05, 4.69) is 26.9 Å². The number of likely N-dealkylation sites (tertiary alicyclic amines) is 1. The number of H-pyrrole nitrogens is 1. The first-order valence-corrected chi connectivity index (χ1v) is 8.87. The quantitative estimate of drug-likeness (QED) is 0.880. The van der Waals surface area contributed by atoms with E-state index in [1.54, 1.807) is 20.2 Å². The minimum absolute atomic E-state index is 0.156. The Kier molecular flexibility index (Phi) is 3.72. The van der Waals surface area contributed by atoms with Gasteiger partial charge < -0.3 is 19.9 Å². The van der Waals surface area contributed by atoms with Gasteiger partial charge in [0.15, 0.2) is 0 Å². The number of carbonyl (C=O) groups excluding carboxylic acids is 1. The molecule has 0 bridgehead atoms. The molecule has 134 valence electrons. The Bertz CT molecular complexity index is 782. The van der Waals surface area contributed by atoms with E-state index < -0.39 is 5.60 Å². The molecule has 3 heterocycles. The van der Waals surface area contributed by atoms with Crippen LogP contribution in [0.3, 0.4) is 0 Å². The zero-order valence-corrected chi connectivity index (χ0v) is 14.9. The number of amides is 1. The van der Waals surface area contributed by atoms with Gasteiger partial charge in [0.1, 0.15) is 23.4 Å². The Labute approximate surface area is 147 Å². The summed E-state index contributed by atoms with van der Waals surface area (Å²) in [6, 6.07) is 2.43. The summed E-state index contributed by atoms with van der Waals surface area (Å²) in [6.45, 7) is 4.64. The minimum atomic E-state index is -1.28. The Hall–Kier alpha value is -2.15. The van der Waals surface area contributed by atoms with Crippen molar-refractivity contribution in [2.75, 3.05) is 25.0 Å². The lowest BCUT2D eigenvalue weighted by Gasteiger charge is -2.29. The van der Waals surface area contributed by atoms with Crippen LogP contribution in [0.1, 0.15) is 26.7 Å². The van der Waals surface area contributed by atoms with Gasteiger partial charge >= 0.3 is 0 Å². The number of nitrogens with zero attached hydrogens (tertiary/aromatic N) is 4. The number of anilines is 1. The highest BCUT2D eigenvalue weighted by molar-refractivity contribution is 5.87.